The Labute approximate surface area is 208 Å². The molecule has 2 N–H and O–H groups in total. The number of rotatable bonds is 6. The van der Waals surface area contributed by atoms with Gasteiger partial charge in [-0.05, 0) is 72.8 Å². The predicted molar refractivity (Wildman–Crippen MR) is 144 cm³/mol. The third kappa shape index (κ3) is 4.83. The van der Waals surface area contributed by atoms with E-state index in [2.05, 4.69) is 25.4 Å². The highest BCUT2D eigenvalue weighted by Crippen LogP contribution is 2.29. The largest absolute Gasteiger partial charge is 0.355 e. The van der Waals surface area contributed by atoms with Crippen molar-refractivity contribution in [3.63, 3.8) is 0 Å². The fourth-order valence-corrected chi connectivity index (χ4v) is 3.88. The minimum absolute atomic E-state index is 0.122. The second kappa shape index (κ2) is 9.95. The number of carbonyl (C=O) groups excluding carboxylic acids is 1. The Morgan fingerprint density at radius 1 is 0.833 bits per heavy atom. The topological polar surface area (TPSA) is 74.5 Å². The van der Waals surface area contributed by atoms with Crippen molar-refractivity contribution in [2.24, 2.45) is 0 Å². The van der Waals surface area contributed by atoms with Crippen LogP contribution in [-0.4, -0.2) is 22.9 Å². The summed E-state index contributed by atoms with van der Waals surface area (Å²) in [5, 5.41) is 7.53. The quantitative estimate of drug-likeness (QED) is 0.263. The molecule has 36 heavy (non-hydrogen) atoms. The number of aromatic nitrogens is 2. The maximum absolute atomic E-state index is 13.3. The van der Waals surface area contributed by atoms with Crippen LogP contribution < -0.4 is 15.5 Å². The molecule has 0 aliphatic heterocycles. The molecule has 0 fully saturated rings. The van der Waals surface area contributed by atoms with E-state index in [0.29, 0.717) is 11.3 Å². The summed E-state index contributed by atoms with van der Waals surface area (Å²) in [5.74, 6) is -0.122. The van der Waals surface area contributed by atoms with Crippen molar-refractivity contribution in [2.45, 2.75) is 0 Å². The Bertz CT molecular complexity index is 1580. The number of nitrogens with zero attached hydrogens (tertiary/aromatic N) is 4. The summed E-state index contributed by atoms with van der Waals surface area (Å²) in [5.41, 5.74) is 6.13. The highest BCUT2D eigenvalue weighted by molar-refractivity contribution is 6.06. The molecule has 5 aromatic rings. The zero-order valence-electron chi connectivity index (χ0n) is 19.5. The maximum atomic E-state index is 13.3. The minimum atomic E-state index is -0.122. The lowest BCUT2D eigenvalue weighted by Gasteiger charge is -2.19. The zero-order chi connectivity index (χ0) is 24.9. The van der Waals surface area contributed by atoms with Gasteiger partial charge in [-0.25, -0.2) is 4.85 Å². The highest BCUT2D eigenvalue weighted by atomic mass is 16.2. The lowest BCUT2D eigenvalue weighted by Crippen LogP contribution is -2.26. The van der Waals surface area contributed by atoms with E-state index in [0.717, 1.165) is 39.3 Å². The van der Waals surface area contributed by atoms with Gasteiger partial charge in [-0.15, -0.1) is 0 Å². The molecule has 2 aromatic heterocycles. The van der Waals surface area contributed by atoms with Gasteiger partial charge in [0.1, 0.15) is 0 Å². The molecule has 7 heteroatoms. The lowest BCUT2D eigenvalue weighted by atomic mass is 10.1. The van der Waals surface area contributed by atoms with Crippen LogP contribution in [0.4, 0.5) is 34.1 Å². The Morgan fingerprint density at radius 2 is 1.61 bits per heavy atom. The molecular weight excluding hydrogens is 448 g/mol. The van der Waals surface area contributed by atoms with Crippen molar-refractivity contribution in [3.8, 4) is 0 Å². The van der Waals surface area contributed by atoms with Crippen LogP contribution in [0.5, 0.6) is 0 Å². The first-order chi connectivity index (χ1) is 17.6. The summed E-state index contributed by atoms with van der Waals surface area (Å²) in [7, 11) is 1.76. The van der Waals surface area contributed by atoms with Crippen LogP contribution in [0.25, 0.3) is 15.7 Å². The normalized spacial score (nSPS) is 10.4. The van der Waals surface area contributed by atoms with E-state index in [1.807, 2.05) is 72.8 Å². The maximum Gasteiger partial charge on any atom is 0.258 e. The fraction of sp³-hybridized carbons (Fsp3) is 0.0345. The molecule has 0 saturated heterocycles. The third-order valence-electron chi connectivity index (χ3n) is 5.77. The van der Waals surface area contributed by atoms with Crippen LogP contribution in [0.2, 0.25) is 0 Å². The standard InChI is InChI=1S/C29H22N6O/c1-30-23-8-11-27-26(19-23)28(14-17-32-27)34-24-5-3-4-20(18-24)29(36)35(2)25-9-6-21(7-10-25)33-22-12-15-31-16-13-22/h3-19H,2H3,(H,31,33)(H,32,34). The van der Waals surface area contributed by atoms with E-state index in [1.54, 1.807) is 42.7 Å². The molecule has 7 nitrogen and oxygen atoms in total. The fourth-order valence-electron chi connectivity index (χ4n) is 3.88. The van der Waals surface area contributed by atoms with Crippen LogP contribution in [0, 0.1) is 6.57 Å². The first-order valence-electron chi connectivity index (χ1n) is 11.3. The highest BCUT2D eigenvalue weighted by Gasteiger charge is 2.14. The number of amides is 1. The Morgan fingerprint density at radius 3 is 2.39 bits per heavy atom. The first kappa shape index (κ1) is 22.6. The van der Waals surface area contributed by atoms with Crippen LogP contribution in [0.15, 0.2) is 104 Å². The van der Waals surface area contributed by atoms with Gasteiger partial charge in [0.15, 0.2) is 5.69 Å². The molecule has 174 valence electrons. The molecule has 1 amide bonds. The predicted octanol–water partition coefficient (Wildman–Crippen LogP) is 6.94. The van der Waals surface area contributed by atoms with Gasteiger partial charge in [0, 0.05) is 65.0 Å². The van der Waals surface area contributed by atoms with E-state index in [9.17, 15) is 4.79 Å². The van der Waals surface area contributed by atoms with Crippen LogP contribution >= 0.6 is 0 Å². The minimum Gasteiger partial charge on any atom is -0.355 e. The van der Waals surface area contributed by atoms with Crippen LogP contribution in [-0.2, 0) is 0 Å². The smallest absolute Gasteiger partial charge is 0.258 e. The second-order valence-electron chi connectivity index (χ2n) is 8.15. The first-order valence-corrected chi connectivity index (χ1v) is 11.3. The summed E-state index contributed by atoms with van der Waals surface area (Å²) in [6.45, 7) is 7.30. The molecule has 0 spiro atoms. The molecule has 0 radical (unpaired) electrons. The van der Waals surface area contributed by atoms with E-state index >= 15 is 0 Å². The Hall–Kier alpha value is -5.22. The monoisotopic (exact) mass is 470 g/mol. The SMILES string of the molecule is [C-]#[N+]c1ccc2nccc(Nc3cccc(C(=O)N(C)c4ccc(Nc5ccncc5)cc4)c3)c2c1. The van der Waals surface area contributed by atoms with Gasteiger partial charge in [0.2, 0.25) is 0 Å². The van der Waals surface area contributed by atoms with Crippen LogP contribution in [0.3, 0.4) is 0 Å². The van der Waals surface area contributed by atoms with Gasteiger partial charge < -0.3 is 15.5 Å². The van der Waals surface area contributed by atoms with E-state index in [1.165, 1.54) is 0 Å². The van der Waals surface area contributed by atoms with Gasteiger partial charge in [0.25, 0.3) is 5.91 Å². The molecule has 0 saturated carbocycles. The molecular formula is C29H22N6O. The summed E-state index contributed by atoms with van der Waals surface area (Å²) >= 11 is 0. The molecule has 0 unspecified atom stereocenters. The van der Waals surface area contributed by atoms with Gasteiger partial charge in [-0.2, -0.15) is 0 Å². The number of pyridine rings is 2. The Kier molecular flexibility index (Phi) is 6.24. The molecule has 0 aliphatic rings. The van der Waals surface area contributed by atoms with Crippen molar-refractivity contribution in [1.82, 2.24) is 9.97 Å². The molecule has 0 aliphatic carbocycles. The number of anilines is 5. The molecule has 0 atom stereocenters. The average Bonchev–Trinajstić information content (AvgIpc) is 2.93. The van der Waals surface area contributed by atoms with Gasteiger partial charge in [0.05, 0.1) is 12.1 Å². The average molecular weight is 471 g/mol. The van der Waals surface area contributed by atoms with E-state index in [4.69, 9.17) is 6.57 Å². The number of fused-ring (bicyclic) bond motifs is 1. The van der Waals surface area contributed by atoms with Gasteiger partial charge >= 0.3 is 0 Å². The number of hydrogen-bond donors (Lipinski definition) is 2. The van der Waals surface area contributed by atoms with Crippen molar-refractivity contribution in [1.29, 1.82) is 0 Å². The number of benzene rings is 3. The van der Waals surface area contributed by atoms with E-state index < -0.39 is 0 Å². The molecule has 5 rings (SSSR count). The third-order valence-corrected chi connectivity index (χ3v) is 5.77. The van der Waals surface area contributed by atoms with Crippen molar-refractivity contribution in [2.75, 3.05) is 22.6 Å². The van der Waals surface area contributed by atoms with Crippen molar-refractivity contribution >= 4 is 50.9 Å². The summed E-state index contributed by atoms with van der Waals surface area (Å²) in [6, 6.07) is 26.1. The van der Waals surface area contributed by atoms with Gasteiger partial charge in [-0.1, -0.05) is 12.1 Å². The summed E-state index contributed by atoms with van der Waals surface area (Å²) < 4.78 is 0. The molecule has 0 bridgehead atoms. The Balaban J connectivity index is 1.33. The second-order valence-corrected chi connectivity index (χ2v) is 8.15. The van der Waals surface area contributed by atoms with E-state index in [-0.39, 0.29) is 5.91 Å². The van der Waals surface area contributed by atoms with Crippen molar-refractivity contribution in [3.05, 3.63) is 121 Å². The lowest BCUT2D eigenvalue weighted by molar-refractivity contribution is 0.0993. The molecule has 3 aromatic carbocycles. The number of hydrogen-bond acceptors (Lipinski definition) is 5. The summed E-state index contributed by atoms with van der Waals surface area (Å²) in [4.78, 5) is 26.8. The number of nitrogens with one attached hydrogen (secondary N) is 2. The van der Waals surface area contributed by atoms with Gasteiger partial charge in [-0.3, -0.25) is 14.8 Å². The number of carbonyl (C=O) groups is 1. The zero-order valence-corrected chi connectivity index (χ0v) is 19.5. The van der Waals surface area contributed by atoms with Crippen molar-refractivity contribution < 1.29 is 4.79 Å². The summed E-state index contributed by atoms with van der Waals surface area (Å²) in [6.07, 6.45) is 5.18. The van der Waals surface area contributed by atoms with Crippen LogP contribution in [0.1, 0.15) is 10.4 Å². The molecule has 2 heterocycles.